The minimum Gasteiger partial charge on any atom is -0.490 e. The first-order valence-electron chi connectivity index (χ1n) is 10.9. The summed E-state index contributed by atoms with van der Waals surface area (Å²) in [5, 5.41) is 3.69. The maximum Gasteiger partial charge on any atom is 0.225 e. The summed E-state index contributed by atoms with van der Waals surface area (Å²) < 4.78 is 12.3. The van der Waals surface area contributed by atoms with Crippen LogP contribution in [0.1, 0.15) is 37.3 Å². The maximum absolute atomic E-state index is 13.1. The predicted octanol–water partition coefficient (Wildman–Crippen LogP) is 2.55. The van der Waals surface area contributed by atoms with Gasteiger partial charge in [0.05, 0.1) is 13.0 Å². The number of aryl methyl sites for hydroxylation is 2. The Morgan fingerprint density at radius 1 is 1.23 bits per heavy atom. The lowest BCUT2D eigenvalue weighted by Crippen LogP contribution is -2.57. The average molecular weight is 452 g/mol. The van der Waals surface area contributed by atoms with Crippen molar-refractivity contribution < 1.29 is 19.1 Å². The van der Waals surface area contributed by atoms with Crippen LogP contribution >= 0.6 is 11.6 Å². The summed E-state index contributed by atoms with van der Waals surface area (Å²) in [7, 11) is 2.04. The largest absolute Gasteiger partial charge is 0.490 e. The molecule has 31 heavy (non-hydrogen) atoms. The van der Waals surface area contributed by atoms with E-state index in [0.29, 0.717) is 32.8 Å². The maximum atomic E-state index is 13.1. The van der Waals surface area contributed by atoms with E-state index in [4.69, 9.17) is 21.1 Å². The van der Waals surface area contributed by atoms with E-state index in [2.05, 4.69) is 10.2 Å². The zero-order valence-electron chi connectivity index (χ0n) is 19.0. The van der Waals surface area contributed by atoms with Crippen molar-refractivity contribution in [1.29, 1.82) is 0 Å². The molecule has 2 amide bonds. The number of likely N-dealkylation sites (N-methyl/N-ethyl adjacent to an activating group) is 1. The lowest BCUT2D eigenvalue weighted by molar-refractivity contribution is -0.155. The van der Waals surface area contributed by atoms with Crippen molar-refractivity contribution >= 4 is 23.4 Å². The minimum atomic E-state index is -0.694. The van der Waals surface area contributed by atoms with E-state index in [-0.39, 0.29) is 24.3 Å². The Bertz CT molecular complexity index is 787. The molecule has 172 valence electrons. The Morgan fingerprint density at radius 2 is 1.87 bits per heavy atom. The van der Waals surface area contributed by atoms with Gasteiger partial charge in [0, 0.05) is 44.2 Å². The third kappa shape index (κ3) is 6.34. The average Bonchev–Trinajstić information content (AvgIpc) is 2.70. The quantitative estimate of drug-likeness (QED) is 0.719. The molecule has 7 nitrogen and oxygen atoms in total. The van der Waals surface area contributed by atoms with Crippen LogP contribution in [0.25, 0.3) is 0 Å². The van der Waals surface area contributed by atoms with E-state index in [1.54, 1.807) is 0 Å². The van der Waals surface area contributed by atoms with Gasteiger partial charge in [-0.15, -0.1) is 0 Å². The molecular weight excluding hydrogens is 418 g/mol. The summed E-state index contributed by atoms with van der Waals surface area (Å²) in [6, 6.07) is 3.99. The van der Waals surface area contributed by atoms with Crippen molar-refractivity contribution in [1.82, 2.24) is 15.1 Å². The number of hydrogen-bond donors (Lipinski definition) is 1. The molecule has 2 heterocycles. The number of piperidine rings is 1. The highest BCUT2D eigenvalue weighted by Crippen LogP contribution is 2.29. The molecule has 0 aromatic heterocycles. The van der Waals surface area contributed by atoms with Crippen molar-refractivity contribution in [2.24, 2.45) is 0 Å². The fourth-order valence-electron chi connectivity index (χ4n) is 4.43. The van der Waals surface area contributed by atoms with Crippen molar-refractivity contribution in [3.05, 3.63) is 28.3 Å². The number of halogens is 1. The molecule has 3 rings (SSSR count). The second kappa shape index (κ2) is 10.2. The highest BCUT2D eigenvalue weighted by molar-refractivity contribution is 6.32. The molecule has 0 saturated carbocycles. The van der Waals surface area contributed by atoms with E-state index >= 15 is 0 Å². The molecule has 2 saturated heterocycles. The number of ether oxygens (including phenoxy) is 2. The lowest BCUT2D eigenvalue weighted by atomic mass is 9.96. The number of nitrogens with zero attached hydrogens (tertiary/aromatic N) is 2. The fourth-order valence-corrected chi connectivity index (χ4v) is 4.54. The number of carbonyl (C=O) groups is 2. The van der Waals surface area contributed by atoms with Crippen LogP contribution in [0, 0.1) is 13.8 Å². The lowest BCUT2D eigenvalue weighted by Gasteiger charge is -2.42. The van der Waals surface area contributed by atoms with E-state index in [0.717, 1.165) is 41.3 Å². The highest BCUT2D eigenvalue weighted by Gasteiger charge is 2.40. The van der Waals surface area contributed by atoms with Crippen molar-refractivity contribution in [3.63, 3.8) is 0 Å². The van der Waals surface area contributed by atoms with E-state index in [9.17, 15) is 9.59 Å². The Kier molecular flexibility index (Phi) is 7.83. The van der Waals surface area contributed by atoms with Gasteiger partial charge in [0.15, 0.2) is 0 Å². The Balaban J connectivity index is 1.65. The zero-order chi connectivity index (χ0) is 22.6. The second-order valence-electron chi connectivity index (χ2n) is 8.96. The number of carbonyl (C=O) groups excluding carboxylic acids is 2. The summed E-state index contributed by atoms with van der Waals surface area (Å²) in [5.41, 5.74) is 1.23. The van der Waals surface area contributed by atoms with Gasteiger partial charge >= 0.3 is 0 Å². The molecule has 8 heteroatoms. The van der Waals surface area contributed by atoms with Gasteiger partial charge in [-0.2, -0.15) is 0 Å². The summed E-state index contributed by atoms with van der Waals surface area (Å²) in [6.07, 6.45) is 1.82. The van der Waals surface area contributed by atoms with Crippen LogP contribution in [0.15, 0.2) is 12.1 Å². The highest BCUT2D eigenvalue weighted by atomic mass is 35.5. The van der Waals surface area contributed by atoms with Crippen LogP contribution in [-0.2, 0) is 14.3 Å². The van der Waals surface area contributed by atoms with Crippen LogP contribution in [0.3, 0.4) is 0 Å². The number of morpholine rings is 1. The standard InChI is InChI=1S/C23H34ClN3O4/c1-16-11-20(12-17(2)22(16)24)30-15-23(14-26(4)9-10-31-23)13-21(29)27-7-5-19(6-8-27)25-18(3)28/h11-12,19H,5-10,13-15H2,1-4H3,(H,25,28). The predicted molar refractivity (Wildman–Crippen MR) is 121 cm³/mol. The number of likely N-dealkylation sites (tertiary alicyclic amines) is 1. The Labute approximate surface area is 190 Å². The normalized spacial score (nSPS) is 22.9. The molecule has 2 aliphatic heterocycles. The first-order valence-corrected chi connectivity index (χ1v) is 11.3. The number of amides is 2. The van der Waals surface area contributed by atoms with Gasteiger partial charge in [0.2, 0.25) is 11.8 Å². The number of nitrogens with one attached hydrogen (secondary N) is 1. The molecular formula is C23H34ClN3O4. The Hall–Kier alpha value is -1.83. The Morgan fingerprint density at radius 3 is 2.45 bits per heavy atom. The van der Waals surface area contributed by atoms with Crippen molar-refractivity contribution in [3.8, 4) is 5.75 Å². The smallest absolute Gasteiger partial charge is 0.225 e. The third-order valence-corrected chi connectivity index (χ3v) is 6.68. The zero-order valence-corrected chi connectivity index (χ0v) is 19.8. The monoisotopic (exact) mass is 451 g/mol. The molecule has 0 bridgehead atoms. The molecule has 0 spiro atoms. The van der Waals surface area contributed by atoms with Gasteiger partial charge in [-0.3, -0.25) is 9.59 Å². The first kappa shape index (κ1) is 23.8. The van der Waals surface area contributed by atoms with E-state index in [1.807, 2.05) is 37.9 Å². The van der Waals surface area contributed by atoms with Gasteiger partial charge in [-0.05, 0) is 57.0 Å². The van der Waals surface area contributed by atoms with Gasteiger partial charge in [0.1, 0.15) is 18.0 Å². The van der Waals surface area contributed by atoms with Gasteiger partial charge < -0.3 is 24.6 Å². The van der Waals surface area contributed by atoms with Crippen LogP contribution in [0.2, 0.25) is 5.02 Å². The summed E-state index contributed by atoms with van der Waals surface area (Å²) in [6.45, 7) is 9.06. The van der Waals surface area contributed by atoms with Crippen molar-refractivity contribution in [2.75, 3.05) is 46.4 Å². The SMILES string of the molecule is CC(=O)NC1CCN(C(=O)CC2(COc3cc(C)c(Cl)c(C)c3)CN(C)CCO2)CC1. The molecule has 2 aliphatic rings. The summed E-state index contributed by atoms with van der Waals surface area (Å²) in [4.78, 5) is 28.5. The van der Waals surface area contributed by atoms with Crippen molar-refractivity contribution in [2.45, 2.75) is 51.7 Å². The molecule has 1 aromatic carbocycles. The minimum absolute atomic E-state index is 0.0211. The molecule has 1 unspecified atom stereocenters. The van der Waals surface area contributed by atoms with Crippen LogP contribution < -0.4 is 10.1 Å². The third-order valence-electron chi connectivity index (χ3n) is 6.08. The molecule has 2 fully saturated rings. The van der Waals surface area contributed by atoms with Gasteiger partial charge in [0.25, 0.3) is 0 Å². The summed E-state index contributed by atoms with van der Waals surface area (Å²) >= 11 is 6.28. The van der Waals surface area contributed by atoms with E-state index in [1.165, 1.54) is 6.92 Å². The summed E-state index contributed by atoms with van der Waals surface area (Å²) in [5.74, 6) is 0.787. The molecule has 1 N–H and O–H groups in total. The van der Waals surface area contributed by atoms with Crippen LogP contribution in [0.4, 0.5) is 0 Å². The van der Waals surface area contributed by atoms with Crippen LogP contribution in [-0.4, -0.2) is 79.7 Å². The fraction of sp³-hybridized carbons (Fsp3) is 0.652. The number of hydrogen-bond acceptors (Lipinski definition) is 5. The molecule has 1 atom stereocenters. The first-order chi connectivity index (χ1) is 14.7. The van der Waals surface area contributed by atoms with E-state index < -0.39 is 5.60 Å². The number of rotatable bonds is 6. The second-order valence-corrected chi connectivity index (χ2v) is 9.34. The molecule has 1 aromatic rings. The molecule has 0 radical (unpaired) electrons. The topological polar surface area (TPSA) is 71.1 Å². The van der Waals surface area contributed by atoms with Gasteiger partial charge in [-0.1, -0.05) is 11.6 Å². The molecule has 0 aliphatic carbocycles. The number of benzene rings is 1. The van der Waals surface area contributed by atoms with Gasteiger partial charge in [-0.25, -0.2) is 0 Å². The van der Waals surface area contributed by atoms with Crippen LogP contribution in [0.5, 0.6) is 5.75 Å².